The first-order valence-corrected chi connectivity index (χ1v) is 18.3. The Hall–Kier alpha value is -4.72. The van der Waals surface area contributed by atoms with Crippen molar-refractivity contribution in [2.45, 2.75) is 43.7 Å². The number of imide groups is 1. The molecular weight excluding hydrogens is 657 g/mol. The second kappa shape index (κ2) is 14.6. The van der Waals surface area contributed by atoms with Crippen LogP contribution in [0.25, 0.3) is 0 Å². The zero-order valence-corrected chi connectivity index (χ0v) is 29.9. The highest BCUT2D eigenvalue weighted by Crippen LogP contribution is 2.40. The Balaban J connectivity index is 1.24. The van der Waals surface area contributed by atoms with Crippen molar-refractivity contribution in [2.24, 2.45) is 7.05 Å². The van der Waals surface area contributed by atoms with Crippen molar-refractivity contribution >= 4 is 27.5 Å². The number of aromatic nitrogens is 2. The molecule has 4 aromatic rings. The van der Waals surface area contributed by atoms with E-state index in [0.717, 1.165) is 18.8 Å². The van der Waals surface area contributed by atoms with Gasteiger partial charge >= 0.3 is 0 Å². The van der Waals surface area contributed by atoms with Crippen LogP contribution in [-0.2, 0) is 17.1 Å². The van der Waals surface area contributed by atoms with E-state index in [1.165, 1.54) is 28.5 Å². The van der Waals surface area contributed by atoms with Crippen LogP contribution in [0.1, 0.15) is 69.4 Å². The second-order valence-electron chi connectivity index (χ2n) is 12.7. The highest BCUT2D eigenvalue weighted by Gasteiger charge is 2.43. The minimum atomic E-state index is -3.81. The molecule has 2 amide bonds. The molecule has 1 saturated heterocycles. The number of hydrogen-bond donors (Lipinski definition) is 1. The maximum Gasteiger partial charge on any atom is 0.264 e. The molecule has 0 unspecified atom stereocenters. The van der Waals surface area contributed by atoms with Gasteiger partial charge in [-0.25, -0.2) is 13.1 Å². The zero-order chi connectivity index (χ0) is 35.6. The normalized spacial score (nSPS) is 16.4. The number of amides is 2. The molecule has 2 aliphatic heterocycles. The van der Waals surface area contributed by atoms with Gasteiger partial charge in [0.25, 0.3) is 11.8 Å². The van der Waals surface area contributed by atoms with E-state index in [-0.39, 0.29) is 29.3 Å². The molecule has 1 N–H and O–H groups in total. The fourth-order valence-electron chi connectivity index (χ4n) is 6.95. The lowest BCUT2D eigenvalue weighted by molar-refractivity contribution is 0.0572. The van der Waals surface area contributed by atoms with Crippen LogP contribution in [0.4, 0.5) is 5.69 Å². The zero-order valence-electron chi connectivity index (χ0n) is 29.1. The van der Waals surface area contributed by atoms with Gasteiger partial charge in [0.15, 0.2) is 11.5 Å². The fourth-order valence-corrected chi connectivity index (χ4v) is 8.23. The maximum absolute atomic E-state index is 14.4. The van der Waals surface area contributed by atoms with E-state index in [0.29, 0.717) is 59.8 Å². The summed E-state index contributed by atoms with van der Waals surface area (Å²) in [7, 11) is 0.945. The number of benzene rings is 3. The molecule has 0 radical (unpaired) electrons. The first-order chi connectivity index (χ1) is 24.1. The number of piperazine rings is 1. The number of hydrogen-bond acceptors (Lipinski definition) is 9. The molecule has 0 bridgehead atoms. The predicted molar refractivity (Wildman–Crippen MR) is 190 cm³/mol. The number of methoxy groups -OCH3 is 2. The van der Waals surface area contributed by atoms with Gasteiger partial charge in [0.05, 0.1) is 49.0 Å². The van der Waals surface area contributed by atoms with Gasteiger partial charge < -0.3 is 14.4 Å². The summed E-state index contributed by atoms with van der Waals surface area (Å²) in [6.45, 7) is 7.06. The Morgan fingerprint density at radius 2 is 1.60 bits per heavy atom. The van der Waals surface area contributed by atoms with Crippen LogP contribution in [-0.4, -0.2) is 86.8 Å². The Morgan fingerprint density at radius 1 is 0.880 bits per heavy atom. The molecule has 3 aromatic carbocycles. The summed E-state index contributed by atoms with van der Waals surface area (Å²) in [4.78, 5) is 34.6. The molecule has 12 nitrogen and oxygen atoms in total. The van der Waals surface area contributed by atoms with Crippen molar-refractivity contribution in [3.8, 4) is 11.5 Å². The number of nitrogens with one attached hydrogen (secondary N) is 1. The lowest BCUT2D eigenvalue weighted by Gasteiger charge is -2.39. The van der Waals surface area contributed by atoms with E-state index in [1.807, 2.05) is 24.3 Å². The largest absolute Gasteiger partial charge is 0.493 e. The number of rotatable bonds is 13. The van der Waals surface area contributed by atoms with Gasteiger partial charge in [0, 0.05) is 45.8 Å². The SMILES string of the molecule is COc1ccc([C@@H](CCCNS(=O)(=O)c2cnn(C)c2C)N2C(=O)c3cccc(N4CCN([C@H](C)c5ccccc5)CC4)c3C2=O)cc1OC. The number of anilines is 1. The van der Waals surface area contributed by atoms with Gasteiger partial charge in [-0.15, -0.1) is 0 Å². The van der Waals surface area contributed by atoms with Gasteiger partial charge in [0.2, 0.25) is 10.0 Å². The summed E-state index contributed by atoms with van der Waals surface area (Å²) in [6.07, 6.45) is 1.98. The average molecular weight is 701 g/mol. The molecule has 1 fully saturated rings. The lowest BCUT2D eigenvalue weighted by Crippen LogP contribution is -2.47. The van der Waals surface area contributed by atoms with Crippen LogP contribution in [0, 0.1) is 6.92 Å². The molecule has 3 heterocycles. The second-order valence-corrected chi connectivity index (χ2v) is 14.4. The third kappa shape index (κ3) is 6.72. The molecule has 6 rings (SSSR count). The molecule has 1 aromatic heterocycles. The van der Waals surface area contributed by atoms with Crippen LogP contribution in [0.5, 0.6) is 11.5 Å². The van der Waals surface area contributed by atoms with Gasteiger partial charge in [-0.2, -0.15) is 5.10 Å². The average Bonchev–Trinajstić information content (AvgIpc) is 3.62. The number of sulfonamides is 1. The Labute approximate surface area is 293 Å². The molecule has 0 aliphatic carbocycles. The number of fused-ring (bicyclic) bond motifs is 1. The summed E-state index contributed by atoms with van der Waals surface area (Å²) in [5, 5.41) is 4.05. The number of aryl methyl sites for hydroxylation is 1. The molecule has 13 heteroatoms. The smallest absolute Gasteiger partial charge is 0.264 e. The Kier molecular flexibility index (Phi) is 10.3. The third-order valence-corrected chi connectivity index (χ3v) is 11.5. The summed E-state index contributed by atoms with van der Waals surface area (Å²) in [5.41, 5.74) is 3.98. The van der Waals surface area contributed by atoms with Crippen molar-refractivity contribution < 1.29 is 27.5 Å². The molecule has 2 atom stereocenters. The van der Waals surface area contributed by atoms with E-state index in [9.17, 15) is 18.0 Å². The topological polar surface area (TPSA) is 126 Å². The van der Waals surface area contributed by atoms with Gasteiger partial charge in [-0.1, -0.05) is 42.5 Å². The quantitative estimate of drug-likeness (QED) is 0.156. The van der Waals surface area contributed by atoms with E-state index in [4.69, 9.17) is 9.47 Å². The van der Waals surface area contributed by atoms with Crippen LogP contribution < -0.4 is 19.1 Å². The molecule has 0 spiro atoms. The maximum atomic E-state index is 14.4. The van der Waals surface area contributed by atoms with Crippen molar-refractivity contribution in [3.63, 3.8) is 0 Å². The van der Waals surface area contributed by atoms with Gasteiger partial charge in [-0.05, 0) is 62.1 Å². The van der Waals surface area contributed by atoms with E-state index in [2.05, 4.69) is 50.8 Å². The van der Waals surface area contributed by atoms with Crippen LogP contribution in [0.15, 0.2) is 77.8 Å². The Bertz CT molecular complexity index is 1970. The Morgan fingerprint density at radius 3 is 2.26 bits per heavy atom. The molecule has 50 heavy (non-hydrogen) atoms. The number of carbonyl (C=O) groups is 2. The monoisotopic (exact) mass is 700 g/mol. The first-order valence-electron chi connectivity index (χ1n) is 16.8. The highest BCUT2D eigenvalue weighted by atomic mass is 32.2. The van der Waals surface area contributed by atoms with Crippen molar-refractivity contribution in [2.75, 3.05) is 51.8 Å². The number of ether oxygens (including phenoxy) is 2. The minimum absolute atomic E-state index is 0.0978. The minimum Gasteiger partial charge on any atom is -0.493 e. The van der Waals surface area contributed by atoms with Crippen molar-refractivity contribution in [1.29, 1.82) is 0 Å². The number of nitrogens with zero attached hydrogens (tertiary/aromatic N) is 5. The summed E-state index contributed by atoms with van der Waals surface area (Å²) in [5.74, 6) is 0.226. The van der Waals surface area contributed by atoms with Gasteiger partial charge in [0.1, 0.15) is 4.90 Å². The van der Waals surface area contributed by atoms with Crippen LogP contribution in [0.3, 0.4) is 0 Å². The predicted octanol–water partition coefficient (Wildman–Crippen LogP) is 4.72. The van der Waals surface area contributed by atoms with E-state index in [1.54, 1.807) is 39.3 Å². The standard InChI is InChI=1S/C37H44N6O6S/c1-25(27-11-7-6-8-12-27)41-19-21-42(22-20-41)31-14-9-13-29-35(31)37(45)43(36(29)44)30(28-16-17-32(48-4)33(23-28)49-5)15-10-18-39-50(46,47)34-24-38-40(3)26(34)2/h6-9,11-14,16-17,23-25,30,39H,10,15,18-22H2,1-5H3/t25-,30-/m1/s1. The molecule has 0 saturated carbocycles. The van der Waals surface area contributed by atoms with Crippen molar-refractivity contribution in [3.05, 3.63) is 101 Å². The third-order valence-electron chi connectivity index (χ3n) is 9.94. The van der Waals surface area contributed by atoms with Crippen molar-refractivity contribution in [1.82, 2.24) is 24.3 Å². The van der Waals surface area contributed by atoms with Crippen LogP contribution in [0.2, 0.25) is 0 Å². The summed E-state index contributed by atoms with van der Waals surface area (Å²) < 4.78 is 41.3. The molecular formula is C37H44N6O6S. The van der Waals surface area contributed by atoms with Gasteiger partial charge in [-0.3, -0.25) is 24.1 Å². The molecule has 264 valence electrons. The van der Waals surface area contributed by atoms with E-state index < -0.39 is 16.1 Å². The number of carbonyl (C=O) groups excluding carboxylic acids is 2. The summed E-state index contributed by atoms with van der Waals surface area (Å²) >= 11 is 0. The summed E-state index contributed by atoms with van der Waals surface area (Å²) in [6, 6.07) is 20.8. The first kappa shape index (κ1) is 35.1. The van der Waals surface area contributed by atoms with Crippen LogP contribution >= 0.6 is 0 Å². The fraction of sp³-hybridized carbons (Fsp3) is 0.378. The lowest BCUT2D eigenvalue weighted by atomic mass is 9.99. The van der Waals surface area contributed by atoms with E-state index >= 15 is 0 Å². The molecule has 2 aliphatic rings. The highest BCUT2D eigenvalue weighted by molar-refractivity contribution is 7.89.